The second-order valence-electron chi connectivity index (χ2n) is 21.8. The maximum Gasteiger partial charge on any atom is 0.372 e. The van der Waals surface area contributed by atoms with Crippen molar-refractivity contribution in [1.29, 1.82) is 0 Å². The van der Waals surface area contributed by atoms with E-state index in [9.17, 15) is 9.90 Å². The zero-order valence-corrected chi connectivity index (χ0v) is 40.6. The summed E-state index contributed by atoms with van der Waals surface area (Å²) in [6.07, 6.45) is 1.65. The molecule has 7 nitrogen and oxygen atoms in total. The summed E-state index contributed by atoms with van der Waals surface area (Å²) in [6.45, 7) is 26.2. The van der Waals surface area contributed by atoms with Crippen molar-refractivity contribution >= 4 is 17.0 Å². The van der Waals surface area contributed by atoms with Crippen LogP contribution in [0.3, 0.4) is 0 Å². The van der Waals surface area contributed by atoms with Crippen molar-refractivity contribution in [3.05, 3.63) is 167 Å². The molecule has 0 fully saturated rings. The number of phenols is 1. The van der Waals surface area contributed by atoms with Crippen molar-refractivity contribution in [1.82, 2.24) is 14.5 Å². The molecule has 0 aliphatic rings. The predicted molar refractivity (Wildman–Crippen MR) is 271 cm³/mol. The minimum Gasteiger partial charge on any atom is -0.507 e. The number of hydrogen-bond donors (Lipinski definition) is 2. The van der Waals surface area contributed by atoms with E-state index in [1.54, 1.807) is 12.3 Å². The van der Waals surface area contributed by atoms with Gasteiger partial charge in [0.1, 0.15) is 17.4 Å². The molecular formula is C59H60FN3O4. The number of pyridine rings is 1. The van der Waals surface area contributed by atoms with Crippen molar-refractivity contribution in [3.63, 3.8) is 0 Å². The lowest BCUT2D eigenvalue weighted by atomic mass is 9.79. The van der Waals surface area contributed by atoms with Crippen molar-refractivity contribution in [2.75, 3.05) is 0 Å². The summed E-state index contributed by atoms with van der Waals surface area (Å²) < 4.78 is 17.8. The number of rotatable bonds is 7. The third-order valence-electron chi connectivity index (χ3n) is 12.7. The van der Waals surface area contributed by atoms with Crippen LogP contribution < -0.4 is 0 Å². The standard InChI is InChI=1S/C59H60FN3O4/c1-56(2,3)40-22-24-50(45(32-40)35-17-14-13-15-18-35)63-51-20-16-19-44(52(51)62-54(63)46-33-42(58(7,8)9)34-47(53(46)64)59(10,11)12)38-27-39(29-41(28-38)57(4,5)6)49-31-36(25-26-61-49)43-23-21-37(30-48(43)60)55(65)67-66/h13-34,64,66H,1-12H3. The minimum absolute atomic E-state index is 0.106. The van der Waals surface area contributed by atoms with Gasteiger partial charge in [0.2, 0.25) is 0 Å². The SMILES string of the molecule is CC(C)(C)c1cc(-c2cc(-c3ccc(C(=O)OO)cc3F)ccn2)cc(-c2cccc3c2nc(-c2cc(C(C)(C)C)cc(C(C)(C)C)c2O)n3-c2ccc(C(C)(C)C)cc2-c2ccccc2)c1. The average Bonchev–Trinajstić information content (AvgIpc) is 3.66. The predicted octanol–water partition coefficient (Wildman–Crippen LogP) is 15.4. The van der Waals surface area contributed by atoms with Gasteiger partial charge in [0.15, 0.2) is 0 Å². The number of phenolic OH excluding ortho intramolecular Hbond substituents is 1. The summed E-state index contributed by atoms with van der Waals surface area (Å²) >= 11 is 0. The monoisotopic (exact) mass is 893 g/mol. The molecule has 0 bridgehead atoms. The summed E-state index contributed by atoms with van der Waals surface area (Å²) in [4.78, 5) is 26.2. The summed E-state index contributed by atoms with van der Waals surface area (Å²) in [5, 5.41) is 21.4. The van der Waals surface area contributed by atoms with Crippen LogP contribution in [0.1, 0.15) is 116 Å². The van der Waals surface area contributed by atoms with E-state index in [2.05, 4.69) is 184 Å². The third-order valence-corrected chi connectivity index (χ3v) is 12.7. The first kappa shape index (κ1) is 46.6. The molecule has 8 heteroatoms. The van der Waals surface area contributed by atoms with Crippen molar-refractivity contribution < 1.29 is 24.4 Å². The highest BCUT2D eigenvalue weighted by molar-refractivity contribution is 5.98. The number of benzene rings is 6. The number of halogens is 1. The Hall–Kier alpha value is -6.90. The lowest BCUT2D eigenvalue weighted by Crippen LogP contribution is -2.17. The average molecular weight is 894 g/mol. The van der Waals surface area contributed by atoms with Crippen LogP contribution in [0.4, 0.5) is 4.39 Å². The van der Waals surface area contributed by atoms with Gasteiger partial charge in [0.25, 0.3) is 0 Å². The van der Waals surface area contributed by atoms with Gasteiger partial charge >= 0.3 is 5.97 Å². The van der Waals surface area contributed by atoms with E-state index in [1.165, 1.54) is 17.7 Å². The molecule has 0 atom stereocenters. The molecule has 0 saturated heterocycles. The van der Waals surface area contributed by atoms with Gasteiger partial charge in [0.05, 0.1) is 33.5 Å². The molecule has 342 valence electrons. The Bertz CT molecular complexity index is 3190. The number of aromatic hydroxyl groups is 1. The van der Waals surface area contributed by atoms with Gasteiger partial charge in [-0.05, 0) is 116 Å². The van der Waals surface area contributed by atoms with Gasteiger partial charge in [0, 0.05) is 34.0 Å². The van der Waals surface area contributed by atoms with Gasteiger partial charge in [-0.25, -0.2) is 14.2 Å². The lowest BCUT2D eigenvalue weighted by Gasteiger charge is -2.28. The molecule has 0 unspecified atom stereocenters. The second kappa shape index (κ2) is 17.1. The molecule has 8 aromatic rings. The zero-order valence-electron chi connectivity index (χ0n) is 40.6. The Morgan fingerprint density at radius 2 is 1.22 bits per heavy atom. The van der Waals surface area contributed by atoms with Gasteiger partial charge in [-0.2, -0.15) is 5.26 Å². The van der Waals surface area contributed by atoms with Crippen LogP contribution in [0.5, 0.6) is 5.75 Å². The van der Waals surface area contributed by atoms with E-state index < -0.39 is 11.8 Å². The van der Waals surface area contributed by atoms with E-state index in [0.717, 1.165) is 67.3 Å². The molecule has 0 saturated carbocycles. The number of fused-ring (bicyclic) bond motifs is 1. The first-order chi connectivity index (χ1) is 31.4. The summed E-state index contributed by atoms with van der Waals surface area (Å²) in [5.74, 6) is -0.855. The van der Waals surface area contributed by atoms with Crippen LogP contribution >= 0.6 is 0 Å². The van der Waals surface area contributed by atoms with Gasteiger partial charge < -0.3 is 5.11 Å². The number of carbonyl (C=O) groups excluding carboxylic acids is 1. The Morgan fingerprint density at radius 1 is 0.567 bits per heavy atom. The summed E-state index contributed by atoms with van der Waals surface area (Å²) in [5.41, 5.74) is 12.6. The number of nitrogens with zero attached hydrogens (tertiary/aromatic N) is 3. The van der Waals surface area contributed by atoms with Gasteiger partial charge in [-0.3, -0.25) is 14.4 Å². The van der Waals surface area contributed by atoms with Crippen LogP contribution in [0.25, 0.3) is 72.7 Å². The maximum absolute atomic E-state index is 15.5. The Kier molecular flexibility index (Phi) is 11.9. The quantitative estimate of drug-likeness (QED) is 0.122. The number of hydrogen-bond acceptors (Lipinski definition) is 6. The van der Waals surface area contributed by atoms with Gasteiger partial charge in [-0.15, -0.1) is 0 Å². The normalized spacial score (nSPS) is 12.4. The van der Waals surface area contributed by atoms with Crippen molar-refractivity contribution in [3.8, 4) is 67.5 Å². The summed E-state index contributed by atoms with van der Waals surface area (Å²) in [7, 11) is 0. The molecule has 0 spiro atoms. The van der Waals surface area contributed by atoms with Crippen molar-refractivity contribution in [2.24, 2.45) is 0 Å². The molecule has 2 heterocycles. The smallest absolute Gasteiger partial charge is 0.372 e. The molecule has 6 aromatic carbocycles. The Labute approximate surface area is 393 Å². The first-order valence-electron chi connectivity index (χ1n) is 22.8. The fraction of sp³-hybridized carbons (Fsp3) is 0.271. The molecule has 2 N–H and O–H groups in total. The van der Waals surface area contributed by atoms with E-state index in [4.69, 9.17) is 15.2 Å². The van der Waals surface area contributed by atoms with Crippen LogP contribution in [-0.4, -0.2) is 30.9 Å². The molecule has 0 radical (unpaired) electrons. The Morgan fingerprint density at radius 3 is 1.87 bits per heavy atom. The van der Waals surface area contributed by atoms with Crippen LogP contribution in [-0.2, 0) is 26.5 Å². The van der Waals surface area contributed by atoms with E-state index in [0.29, 0.717) is 22.6 Å². The molecular weight excluding hydrogens is 834 g/mol. The molecule has 0 aliphatic heterocycles. The van der Waals surface area contributed by atoms with Gasteiger partial charge in [-0.1, -0.05) is 150 Å². The molecule has 0 amide bonds. The number of aromatic nitrogens is 3. The highest BCUT2D eigenvalue weighted by atomic mass is 19.1. The molecule has 0 aliphatic carbocycles. The molecule has 2 aromatic heterocycles. The summed E-state index contributed by atoms with van der Waals surface area (Å²) in [6, 6.07) is 41.6. The van der Waals surface area contributed by atoms with Crippen molar-refractivity contribution in [2.45, 2.75) is 105 Å². The highest BCUT2D eigenvalue weighted by Gasteiger charge is 2.30. The number of para-hydroxylation sites is 1. The maximum atomic E-state index is 15.5. The van der Waals surface area contributed by atoms with E-state index in [1.807, 2.05) is 12.1 Å². The third kappa shape index (κ3) is 9.15. The zero-order chi connectivity index (χ0) is 48.4. The molecule has 67 heavy (non-hydrogen) atoms. The van der Waals surface area contributed by atoms with Crippen LogP contribution in [0, 0.1) is 5.82 Å². The Balaban J connectivity index is 1.43. The largest absolute Gasteiger partial charge is 0.507 e. The minimum atomic E-state index is -1.04. The highest BCUT2D eigenvalue weighted by Crippen LogP contribution is 2.46. The van der Waals surface area contributed by atoms with Crippen LogP contribution in [0.2, 0.25) is 0 Å². The van der Waals surface area contributed by atoms with E-state index >= 15 is 4.39 Å². The first-order valence-corrected chi connectivity index (χ1v) is 22.8. The topological polar surface area (TPSA) is 97.5 Å². The fourth-order valence-corrected chi connectivity index (χ4v) is 8.66. The van der Waals surface area contributed by atoms with Crippen LogP contribution in [0.15, 0.2) is 134 Å². The second-order valence-corrected chi connectivity index (χ2v) is 21.8. The number of carbonyl (C=O) groups is 1. The van der Waals surface area contributed by atoms with E-state index in [-0.39, 0.29) is 38.5 Å². The molecule has 8 rings (SSSR count). The number of imidazole rings is 1. The fourth-order valence-electron chi connectivity index (χ4n) is 8.66. The lowest BCUT2D eigenvalue weighted by molar-refractivity contribution is -0.182.